The molecule has 0 radical (unpaired) electrons. The van der Waals surface area contributed by atoms with Gasteiger partial charge < -0.3 is 15.2 Å². The lowest BCUT2D eigenvalue weighted by Gasteiger charge is -2.28. The smallest absolute Gasteiger partial charge is 0.126 e. The second-order valence-electron chi connectivity index (χ2n) is 3.71. The van der Waals surface area contributed by atoms with Crippen molar-refractivity contribution >= 4 is 0 Å². The Morgan fingerprint density at radius 3 is 2.44 bits per heavy atom. The van der Waals surface area contributed by atoms with Crippen LogP contribution in [0.4, 0.5) is 8.78 Å². The molecule has 1 fully saturated rings. The van der Waals surface area contributed by atoms with Crippen LogP contribution in [-0.4, -0.2) is 25.9 Å². The molecule has 0 bridgehead atoms. The van der Waals surface area contributed by atoms with Gasteiger partial charge in [0.1, 0.15) is 17.7 Å². The minimum atomic E-state index is -0.637. The lowest BCUT2D eigenvalue weighted by Crippen LogP contribution is -2.37. The molecule has 1 aliphatic heterocycles. The fourth-order valence-corrected chi connectivity index (χ4v) is 1.70. The fraction of sp³-hybridized carbons (Fsp3) is 0.455. The zero-order chi connectivity index (χ0) is 11.5. The van der Waals surface area contributed by atoms with Gasteiger partial charge in [-0.1, -0.05) is 0 Å². The Morgan fingerprint density at radius 2 is 1.88 bits per heavy atom. The molecule has 1 aromatic rings. The largest absolute Gasteiger partial charge is 0.376 e. The molecule has 3 nitrogen and oxygen atoms in total. The fourth-order valence-electron chi connectivity index (χ4n) is 1.70. The first-order valence-electron chi connectivity index (χ1n) is 5.08. The molecule has 2 N–H and O–H groups in total. The molecule has 0 saturated carbocycles. The van der Waals surface area contributed by atoms with E-state index in [9.17, 15) is 8.78 Å². The van der Waals surface area contributed by atoms with Crippen molar-refractivity contribution in [2.45, 2.75) is 12.1 Å². The van der Waals surface area contributed by atoms with Crippen molar-refractivity contribution in [2.75, 3.05) is 19.8 Å². The van der Waals surface area contributed by atoms with Crippen molar-refractivity contribution in [3.8, 4) is 0 Å². The highest BCUT2D eigenvalue weighted by molar-refractivity contribution is 5.22. The lowest BCUT2D eigenvalue weighted by atomic mass is 10.0. The summed E-state index contributed by atoms with van der Waals surface area (Å²) in [4.78, 5) is 0. The van der Waals surface area contributed by atoms with Crippen molar-refractivity contribution in [1.82, 2.24) is 0 Å². The third-order valence-corrected chi connectivity index (χ3v) is 2.51. The Morgan fingerprint density at radius 1 is 1.19 bits per heavy atom. The molecule has 0 aromatic heterocycles. The number of rotatable bonds is 2. The molecule has 1 saturated heterocycles. The number of benzene rings is 1. The summed E-state index contributed by atoms with van der Waals surface area (Å²) >= 11 is 0. The summed E-state index contributed by atoms with van der Waals surface area (Å²) in [5, 5.41) is 0. The SMILES string of the molecule is NC(c1cc(F)cc(F)c1)C1COCCO1. The van der Waals surface area contributed by atoms with Gasteiger partial charge in [-0.05, 0) is 17.7 Å². The molecule has 16 heavy (non-hydrogen) atoms. The maximum absolute atomic E-state index is 13.0. The van der Waals surface area contributed by atoms with Gasteiger partial charge in [0.25, 0.3) is 0 Å². The van der Waals surface area contributed by atoms with E-state index in [1.165, 1.54) is 12.1 Å². The maximum atomic E-state index is 13.0. The van der Waals surface area contributed by atoms with Gasteiger partial charge in [-0.25, -0.2) is 8.78 Å². The molecule has 0 aliphatic carbocycles. The van der Waals surface area contributed by atoms with E-state index in [4.69, 9.17) is 15.2 Å². The highest BCUT2D eigenvalue weighted by atomic mass is 19.1. The second kappa shape index (κ2) is 4.86. The molecule has 2 atom stereocenters. The van der Waals surface area contributed by atoms with Crippen LogP contribution in [0.2, 0.25) is 0 Å². The molecular weight excluding hydrogens is 216 g/mol. The van der Waals surface area contributed by atoms with Crippen LogP contribution < -0.4 is 5.73 Å². The zero-order valence-electron chi connectivity index (χ0n) is 8.66. The van der Waals surface area contributed by atoms with E-state index < -0.39 is 17.7 Å². The van der Waals surface area contributed by atoms with Crippen LogP contribution in [0.25, 0.3) is 0 Å². The topological polar surface area (TPSA) is 44.5 Å². The normalized spacial score (nSPS) is 23.1. The molecule has 1 aromatic carbocycles. The minimum absolute atomic E-state index is 0.347. The van der Waals surface area contributed by atoms with Gasteiger partial charge in [0, 0.05) is 6.07 Å². The summed E-state index contributed by atoms with van der Waals surface area (Å²) in [6.07, 6.45) is -0.352. The van der Waals surface area contributed by atoms with Crippen molar-refractivity contribution < 1.29 is 18.3 Å². The minimum Gasteiger partial charge on any atom is -0.376 e. The van der Waals surface area contributed by atoms with E-state index in [-0.39, 0.29) is 6.10 Å². The van der Waals surface area contributed by atoms with Gasteiger partial charge in [0.05, 0.1) is 25.9 Å². The molecule has 2 unspecified atom stereocenters. The molecule has 0 spiro atoms. The maximum Gasteiger partial charge on any atom is 0.126 e. The highest BCUT2D eigenvalue weighted by Gasteiger charge is 2.24. The Bertz CT molecular complexity index is 347. The average Bonchev–Trinajstić information content (AvgIpc) is 2.28. The predicted molar refractivity (Wildman–Crippen MR) is 53.8 cm³/mol. The van der Waals surface area contributed by atoms with E-state index in [1.807, 2.05) is 0 Å². The Kier molecular flexibility index (Phi) is 3.48. The predicted octanol–water partition coefficient (Wildman–Crippen LogP) is 1.38. The second-order valence-corrected chi connectivity index (χ2v) is 3.71. The van der Waals surface area contributed by atoms with Crippen molar-refractivity contribution in [3.63, 3.8) is 0 Å². The first-order chi connectivity index (χ1) is 7.66. The molecular formula is C11H13F2NO2. The molecule has 2 rings (SSSR count). The van der Waals surface area contributed by atoms with Crippen LogP contribution in [0.1, 0.15) is 11.6 Å². The number of hydrogen-bond donors (Lipinski definition) is 1. The van der Waals surface area contributed by atoms with Gasteiger partial charge in [-0.15, -0.1) is 0 Å². The third kappa shape index (κ3) is 2.55. The van der Waals surface area contributed by atoms with Gasteiger partial charge in [-0.3, -0.25) is 0 Å². The van der Waals surface area contributed by atoms with Crippen LogP contribution >= 0.6 is 0 Å². The monoisotopic (exact) mass is 229 g/mol. The Labute approximate surface area is 92.1 Å². The van der Waals surface area contributed by atoms with E-state index in [2.05, 4.69) is 0 Å². The molecule has 1 aliphatic rings. The lowest BCUT2D eigenvalue weighted by molar-refractivity contribution is -0.0976. The van der Waals surface area contributed by atoms with Gasteiger partial charge >= 0.3 is 0 Å². The van der Waals surface area contributed by atoms with Crippen LogP contribution in [0.5, 0.6) is 0 Å². The molecule has 0 amide bonds. The van der Waals surface area contributed by atoms with E-state index in [1.54, 1.807) is 0 Å². The number of ether oxygens (including phenoxy) is 2. The van der Waals surface area contributed by atoms with Crippen LogP contribution in [0, 0.1) is 11.6 Å². The average molecular weight is 229 g/mol. The Balaban J connectivity index is 2.15. The van der Waals surface area contributed by atoms with E-state index >= 15 is 0 Å². The molecule has 88 valence electrons. The quantitative estimate of drug-likeness (QED) is 0.833. The number of halogens is 2. The number of nitrogens with two attached hydrogens (primary N) is 1. The Hall–Kier alpha value is -1.04. The summed E-state index contributed by atoms with van der Waals surface area (Å²) in [5.41, 5.74) is 6.25. The van der Waals surface area contributed by atoms with Crippen molar-refractivity contribution in [2.24, 2.45) is 5.73 Å². The summed E-state index contributed by atoms with van der Waals surface area (Å²) in [6.45, 7) is 1.33. The van der Waals surface area contributed by atoms with Gasteiger partial charge in [-0.2, -0.15) is 0 Å². The summed E-state index contributed by atoms with van der Waals surface area (Å²) in [7, 11) is 0. The highest BCUT2D eigenvalue weighted by Crippen LogP contribution is 2.21. The summed E-state index contributed by atoms with van der Waals surface area (Å²) in [5.74, 6) is -1.27. The first kappa shape index (κ1) is 11.4. The van der Waals surface area contributed by atoms with Crippen LogP contribution in [0.3, 0.4) is 0 Å². The van der Waals surface area contributed by atoms with Gasteiger partial charge in [0.15, 0.2) is 0 Å². The van der Waals surface area contributed by atoms with Crippen LogP contribution in [0.15, 0.2) is 18.2 Å². The van der Waals surface area contributed by atoms with Crippen molar-refractivity contribution in [3.05, 3.63) is 35.4 Å². The van der Waals surface area contributed by atoms with Crippen molar-refractivity contribution in [1.29, 1.82) is 0 Å². The summed E-state index contributed by atoms with van der Waals surface area (Å²) in [6, 6.07) is 2.66. The number of hydrogen-bond acceptors (Lipinski definition) is 3. The van der Waals surface area contributed by atoms with Crippen LogP contribution in [-0.2, 0) is 9.47 Å². The molecule has 5 heteroatoms. The van der Waals surface area contributed by atoms with E-state index in [0.717, 1.165) is 6.07 Å². The van der Waals surface area contributed by atoms with Gasteiger partial charge in [0.2, 0.25) is 0 Å². The first-order valence-corrected chi connectivity index (χ1v) is 5.08. The summed E-state index contributed by atoms with van der Waals surface area (Å²) < 4.78 is 36.5. The van der Waals surface area contributed by atoms with E-state index in [0.29, 0.717) is 25.4 Å². The standard InChI is InChI=1S/C11H13F2NO2/c12-8-3-7(4-9(13)5-8)11(14)10-6-15-1-2-16-10/h3-5,10-11H,1-2,6,14H2. The zero-order valence-corrected chi connectivity index (χ0v) is 8.66. The molecule has 1 heterocycles. The third-order valence-electron chi connectivity index (χ3n) is 2.51.